The van der Waals surface area contributed by atoms with Gasteiger partial charge in [0, 0.05) is 45.0 Å². The van der Waals surface area contributed by atoms with Gasteiger partial charge in [-0.3, -0.25) is 9.59 Å². The van der Waals surface area contributed by atoms with Gasteiger partial charge in [0.25, 0.3) is 0 Å². The first-order chi connectivity index (χ1) is 11.8. The molecule has 5 nitrogen and oxygen atoms in total. The predicted molar refractivity (Wildman–Crippen MR) is 97.6 cm³/mol. The monoisotopic (exact) mass is 456 g/mol. The fourth-order valence-corrected chi connectivity index (χ4v) is 2.73. The molecule has 1 aromatic rings. The van der Waals surface area contributed by atoms with Crippen molar-refractivity contribution in [1.82, 2.24) is 5.32 Å². The number of ketones is 1. The van der Waals surface area contributed by atoms with Crippen LogP contribution < -0.4 is 5.32 Å². The maximum absolute atomic E-state index is 12.5. The molecule has 0 aliphatic carbocycles. The van der Waals surface area contributed by atoms with Crippen molar-refractivity contribution in [3.63, 3.8) is 0 Å². The third kappa shape index (κ3) is 9.79. The molecule has 1 radical (unpaired) electrons. The van der Waals surface area contributed by atoms with E-state index in [1.54, 1.807) is 0 Å². The summed E-state index contributed by atoms with van der Waals surface area (Å²) in [6.07, 6.45) is 1.47. The van der Waals surface area contributed by atoms with Crippen LogP contribution in [0.3, 0.4) is 0 Å². The molecule has 1 aromatic carbocycles. The first-order valence-corrected chi connectivity index (χ1v) is 9.01. The Morgan fingerprint density at radius 2 is 1.77 bits per heavy atom. The Morgan fingerprint density at radius 3 is 2.27 bits per heavy atom. The molecular formula is C19H26ClNO4Y. The summed E-state index contributed by atoms with van der Waals surface area (Å²) < 4.78 is 0. The second-order valence-electron chi connectivity index (χ2n) is 6.63. The van der Waals surface area contributed by atoms with Gasteiger partial charge in [-0.15, -0.1) is 11.6 Å². The van der Waals surface area contributed by atoms with Gasteiger partial charge in [0.15, 0.2) is 0 Å². The number of aryl methyl sites for hydroxylation is 1. The van der Waals surface area contributed by atoms with Gasteiger partial charge in [0.1, 0.15) is 11.8 Å². The van der Waals surface area contributed by atoms with Crippen molar-refractivity contribution in [2.45, 2.75) is 45.6 Å². The Bertz CT molecular complexity index is 580. The van der Waals surface area contributed by atoms with Crippen molar-refractivity contribution in [2.75, 3.05) is 5.88 Å². The standard InChI is InChI=1S/C19H26ClNO4.Y/c1-13(2)10-17(19(24)25)21-18(23)15(11-16(22)12-20)9-8-14-6-4-3-5-7-14;/h3-7,13,15,17H,8-12H2,1-2H3,(H,21,23)(H,24,25);/t15-,17+;/m1./s1. The van der Waals surface area contributed by atoms with E-state index in [2.05, 4.69) is 5.32 Å². The summed E-state index contributed by atoms with van der Waals surface area (Å²) >= 11 is 5.57. The number of hydrogen-bond acceptors (Lipinski definition) is 3. The smallest absolute Gasteiger partial charge is 0.326 e. The van der Waals surface area contributed by atoms with Crippen molar-refractivity contribution >= 4 is 29.3 Å². The minimum Gasteiger partial charge on any atom is -0.480 e. The summed E-state index contributed by atoms with van der Waals surface area (Å²) in [5.74, 6) is -2.28. The van der Waals surface area contributed by atoms with Gasteiger partial charge in [0.2, 0.25) is 5.91 Å². The number of carbonyl (C=O) groups excluding carboxylic acids is 2. The zero-order valence-corrected chi connectivity index (χ0v) is 18.9. The molecule has 2 N–H and O–H groups in total. The molecule has 0 spiro atoms. The second kappa shape index (κ2) is 13.4. The Labute approximate surface area is 185 Å². The Hall–Kier alpha value is -0.776. The van der Waals surface area contributed by atoms with Gasteiger partial charge in [0.05, 0.1) is 5.88 Å². The van der Waals surface area contributed by atoms with Crippen LogP contribution in [0.5, 0.6) is 0 Å². The molecule has 2 atom stereocenters. The van der Waals surface area contributed by atoms with Crippen LogP contribution in [0.4, 0.5) is 0 Å². The molecule has 7 heteroatoms. The number of benzene rings is 1. The van der Waals surface area contributed by atoms with Crippen molar-refractivity contribution in [2.24, 2.45) is 11.8 Å². The maximum Gasteiger partial charge on any atom is 0.326 e. The van der Waals surface area contributed by atoms with Gasteiger partial charge in [-0.2, -0.15) is 0 Å². The van der Waals surface area contributed by atoms with E-state index in [0.717, 1.165) is 5.56 Å². The number of nitrogens with one attached hydrogen (secondary N) is 1. The SMILES string of the molecule is CC(C)C[C@H](NC(=O)[C@H](CCc1ccccc1)CC(=O)CCl)C(=O)O.[Y]. The van der Waals surface area contributed by atoms with E-state index in [1.807, 2.05) is 44.2 Å². The Morgan fingerprint density at radius 1 is 1.15 bits per heavy atom. The van der Waals surface area contributed by atoms with Crippen LogP contribution in [0.1, 0.15) is 38.7 Å². The van der Waals surface area contributed by atoms with Gasteiger partial charge >= 0.3 is 5.97 Å². The predicted octanol–water partition coefficient (Wildman–Crippen LogP) is 3.05. The number of carbonyl (C=O) groups is 3. The molecule has 0 heterocycles. The molecule has 26 heavy (non-hydrogen) atoms. The molecule has 0 aliphatic heterocycles. The molecule has 0 unspecified atom stereocenters. The molecule has 0 fully saturated rings. The first-order valence-electron chi connectivity index (χ1n) is 8.48. The molecule has 1 rings (SSSR count). The molecule has 0 saturated carbocycles. The fourth-order valence-electron chi connectivity index (χ4n) is 2.62. The summed E-state index contributed by atoms with van der Waals surface area (Å²) in [7, 11) is 0. The molecular weight excluding hydrogens is 431 g/mol. The van der Waals surface area contributed by atoms with Crippen LogP contribution in [0.2, 0.25) is 0 Å². The number of carboxylic acids is 1. The first kappa shape index (κ1) is 25.2. The number of alkyl halides is 1. The second-order valence-corrected chi connectivity index (χ2v) is 6.89. The average molecular weight is 457 g/mol. The summed E-state index contributed by atoms with van der Waals surface area (Å²) in [6.45, 7) is 3.79. The zero-order valence-electron chi connectivity index (χ0n) is 15.3. The number of Topliss-reactive ketones (excluding diaryl/α,β-unsaturated/α-hetero) is 1. The van der Waals surface area contributed by atoms with E-state index in [-0.39, 0.29) is 56.7 Å². The van der Waals surface area contributed by atoms with E-state index >= 15 is 0 Å². The minimum atomic E-state index is -1.06. The molecule has 0 aromatic heterocycles. The van der Waals surface area contributed by atoms with Crippen LogP contribution in [-0.4, -0.2) is 34.7 Å². The van der Waals surface area contributed by atoms with Crippen LogP contribution in [0.25, 0.3) is 0 Å². The fraction of sp³-hybridized carbons (Fsp3) is 0.526. The minimum absolute atomic E-state index is 0. The van der Waals surface area contributed by atoms with Crippen LogP contribution >= 0.6 is 11.6 Å². The summed E-state index contributed by atoms with van der Waals surface area (Å²) in [5.41, 5.74) is 1.07. The van der Waals surface area contributed by atoms with Crippen molar-refractivity contribution in [1.29, 1.82) is 0 Å². The Kier molecular flexibility index (Phi) is 13.0. The molecule has 0 bridgehead atoms. The quantitative estimate of drug-likeness (QED) is 0.501. The number of rotatable bonds is 11. The summed E-state index contributed by atoms with van der Waals surface area (Å²) in [5, 5.41) is 11.9. The molecule has 141 valence electrons. The van der Waals surface area contributed by atoms with Gasteiger partial charge in [-0.25, -0.2) is 4.79 Å². The number of amides is 1. The third-order valence-electron chi connectivity index (χ3n) is 3.94. The van der Waals surface area contributed by atoms with Gasteiger partial charge < -0.3 is 10.4 Å². The summed E-state index contributed by atoms with van der Waals surface area (Å²) in [6, 6.07) is 8.70. The van der Waals surface area contributed by atoms with E-state index in [1.165, 1.54) is 0 Å². The van der Waals surface area contributed by atoms with Crippen molar-refractivity contribution in [3.05, 3.63) is 35.9 Å². The van der Waals surface area contributed by atoms with E-state index in [0.29, 0.717) is 19.3 Å². The number of halogens is 1. The zero-order chi connectivity index (χ0) is 18.8. The number of aliphatic carboxylic acids is 1. The topological polar surface area (TPSA) is 83.5 Å². The molecule has 0 aliphatic rings. The maximum atomic E-state index is 12.5. The van der Waals surface area contributed by atoms with Gasteiger partial charge in [-0.1, -0.05) is 44.2 Å². The van der Waals surface area contributed by atoms with E-state index in [9.17, 15) is 19.5 Å². The normalized spacial score (nSPS) is 12.8. The number of hydrogen-bond donors (Lipinski definition) is 2. The van der Waals surface area contributed by atoms with E-state index in [4.69, 9.17) is 11.6 Å². The van der Waals surface area contributed by atoms with Gasteiger partial charge in [-0.05, 0) is 30.7 Å². The van der Waals surface area contributed by atoms with Crippen LogP contribution in [-0.2, 0) is 53.5 Å². The average Bonchev–Trinajstić information content (AvgIpc) is 2.57. The van der Waals surface area contributed by atoms with Crippen molar-refractivity contribution in [3.8, 4) is 0 Å². The molecule has 1 amide bonds. The summed E-state index contributed by atoms with van der Waals surface area (Å²) in [4.78, 5) is 35.6. The van der Waals surface area contributed by atoms with Crippen LogP contribution in [0, 0.1) is 11.8 Å². The Balaban J connectivity index is 0.00000625. The van der Waals surface area contributed by atoms with Crippen molar-refractivity contribution < 1.29 is 52.2 Å². The number of carboxylic acid groups (broad SMARTS) is 1. The largest absolute Gasteiger partial charge is 0.480 e. The van der Waals surface area contributed by atoms with Crippen LogP contribution in [0.15, 0.2) is 30.3 Å². The van der Waals surface area contributed by atoms with E-state index < -0.39 is 23.8 Å². The molecule has 0 saturated heterocycles. The third-order valence-corrected chi connectivity index (χ3v) is 4.24.